The molecule has 2 heterocycles. The zero-order valence-corrected chi connectivity index (χ0v) is 13.0. The van der Waals surface area contributed by atoms with Crippen molar-refractivity contribution >= 4 is 11.6 Å². The van der Waals surface area contributed by atoms with Crippen molar-refractivity contribution in [3.8, 4) is 0 Å². The van der Waals surface area contributed by atoms with Crippen LogP contribution in [0.15, 0.2) is 12.3 Å². The van der Waals surface area contributed by atoms with Gasteiger partial charge < -0.3 is 25.0 Å². The number of aromatic nitrogens is 1. The Kier molecular flexibility index (Phi) is 4.58. The fourth-order valence-electron chi connectivity index (χ4n) is 2.72. The van der Waals surface area contributed by atoms with E-state index in [9.17, 15) is 9.90 Å². The van der Waals surface area contributed by atoms with Crippen LogP contribution in [0.1, 0.15) is 43.2 Å². The molecule has 1 aliphatic heterocycles. The van der Waals surface area contributed by atoms with Crippen molar-refractivity contribution in [1.82, 2.24) is 9.47 Å². The first-order valence-electron chi connectivity index (χ1n) is 7.35. The molecule has 3 N–H and O–H groups in total. The molecule has 0 radical (unpaired) electrons. The molecule has 1 fully saturated rings. The van der Waals surface area contributed by atoms with E-state index < -0.39 is 5.60 Å². The van der Waals surface area contributed by atoms with Gasteiger partial charge in [-0.3, -0.25) is 4.79 Å². The molecule has 0 atom stereocenters. The van der Waals surface area contributed by atoms with Gasteiger partial charge in [0.15, 0.2) is 0 Å². The molecular weight excluding hydrogens is 270 g/mol. The highest BCUT2D eigenvalue weighted by atomic mass is 16.5. The van der Waals surface area contributed by atoms with Gasteiger partial charge in [-0.05, 0) is 19.9 Å². The molecule has 0 saturated carbocycles. The van der Waals surface area contributed by atoms with Crippen LogP contribution in [0.3, 0.4) is 0 Å². The molecule has 0 bridgehead atoms. The van der Waals surface area contributed by atoms with Crippen LogP contribution in [0, 0.1) is 0 Å². The Hall–Kier alpha value is -1.53. The minimum Gasteiger partial charge on any atom is -0.397 e. The van der Waals surface area contributed by atoms with E-state index in [1.165, 1.54) is 0 Å². The third kappa shape index (κ3) is 3.57. The van der Waals surface area contributed by atoms with E-state index in [1.54, 1.807) is 24.2 Å². The van der Waals surface area contributed by atoms with Gasteiger partial charge in [-0.15, -0.1) is 0 Å². The third-order valence-electron chi connectivity index (χ3n) is 3.95. The molecule has 21 heavy (non-hydrogen) atoms. The monoisotopic (exact) mass is 295 g/mol. The van der Waals surface area contributed by atoms with Crippen LogP contribution in [0.4, 0.5) is 5.69 Å². The van der Waals surface area contributed by atoms with Crippen molar-refractivity contribution in [2.24, 2.45) is 0 Å². The summed E-state index contributed by atoms with van der Waals surface area (Å²) >= 11 is 0. The first-order chi connectivity index (χ1) is 9.82. The minimum atomic E-state index is -0.858. The van der Waals surface area contributed by atoms with Gasteiger partial charge in [0.1, 0.15) is 5.69 Å². The van der Waals surface area contributed by atoms with Crippen LogP contribution in [0.2, 0.25) is 0 Å². The van der Waals surface area contributed by atoms with E-state index in [0.29, 0.717) is 44.0 Å². The molecule has 0 spiro atoms. The average molecular weight is 295 g/mol. The average Bonchev–Trinajstić information content (AvgIpc) is 2.80. The van der Waals surface area contributed by atoms with E-state index in [2.05, 4.69) is 0 Å². The molecule has 2 rings (SSSR count). The van der Waals surface area contributed by atoms with E-state index in [1.807, 2.05) is 18.4 Å². The van der Waals surface area contributed by atoms with Gasteiger partial charge in [0.05, 0.1) is 11.3 Å². The largest absolute Gasteiger partial charge is 0.397 e. The minimum absolute atomic E-state index is 0.125. The number of nitrogens with zero attached hydrogens (tertiary/aromatic N) is 2. The lowest BCUT2D eigenvalue weighted by atomic mass is 9.94. The van der Waals surface area contributed by atoms with Crippen LogP contribution in [-0.2, 0) is 4.74 Å². The second kappa shape index (κ2) is 6.07. The van der Waals surface area contributed by atoms with Crippen LogP contribution in [0.25, 0.3) is 0 Å². The molecule has 1 saturated heterocycles. The number of ether oxygens (including phenoxy) is 1. The summed E-state index contributed by atoms with van der Waals surface area (Å²) in [5, 5.41) is 10.5. The first-order valence-corrected chi connectivity index (χ1v) is 7.35. The number of anilines is 1. The number of hydrogen-bond donors (Lipinski definition) is 2. The number of rotatable bonds is 4. The molecule has 0 aromatic carbocycles. The van der Waals surface area contributed by atoms with E-state index in [4.69, 9.17) is 10.5 Å². The number of carbonyl (C=O) groups is 1. The molecule has 6 nitrogen and oxygen atoms in total. The molecule has 1 aliphatic rings. The van der Waals surface area contributed by atoms with Crippen LogP contribution >= 0.6 is 0 Å². The SMILES string of the molecule is CC(C)n1cc(N)cc1C(=O)N(C)CC1(O)CCOCC1. The second-order valence-corrected chi connectivity index (χ2v) is 6.16. The summed E-state index contributed by atoms with van der Waals surface area (Å²) in [5.74, 6) is -0.125. The maximum atomic E-state index is 12.6. The molecule has 0 aliphatic carbocycles. The van der Waals surface area contributed by atoms with Crippen LogP contribution < -0.4 is 5.73 Å². The Morgan fingerprint density at radius 3 is 2.71 bits per heavy atom. The van der Waals surface area contributed by atoms with Crippen molar-refractivity contribution < 1.29 is 14.6 Å². The van der Waals surface area contributed by atoms with Crippen molar-refractivity contribution in [1.29, 1.82) is 0 Å². The number of hydrogen-bond acceptors (Lipinski definition) is 4. The van der Waals surface area contributed by atoms with Gasteiger partial charge in [-0.1, -0.05) is 0 Å². The molecule has 118 valence electrons. The van der Waals surface area contributed by atoms with Gasteiger partial charge in [-0.25, -0.2) is 0 Å². The summed E-state index contributed by atoms with van der Waals surface area (Å²) in [6.45, 7) is 5.38. The van der Waals surface area contributed by atoms with Gasteiger partial charge >= 0.3 is 0 Å². The smallest absolute Gasteiger partial charge is 0.270 e. The summed E-state index contributed by atoms with van der Waals surface area (Å²) in [6, 6.07) is 1.84. The third-order valence-corrected chi connectivity index (χ3v) is 3.95. The Labute approximate surface area is 125 Å². The normalized spacial score (nSPS) is 18.0. The predicted octanol–water partition coefficient (Wildman–Crippen LogP) is 1.26. The van der Waals surface area contributed by atoms with Gasteiger partial charge in [0, 0.05) is 51.9 Å². The van der Waals surface area contributed by atoms with Crippen molar-refractivity contribution in [2.75, 3.05) is 32.5 Å². The summed E-state index contributed by atoms with van der Waals surface area (Å²) in [4.78, 5) is 14.2. The molecule has 1 aromatic rings. The van der Waals surface area contributed by atoms with Crippen molar-refractivity contribution in [2.45, 2.75) is 38.3 Å². The topological polar surface area (TPSA) is 80.7 Å². The Balaban J connectivity index is 2.12. The molecule has 6 heteroatoms. The van der Waals surface area contributed by atoms with Gasteiger partial charge in [0.25, 0.3) is 5.91 Å². The second-order valence-electron chi connectivity index (χ2n) is 6.16. The highest BCUT2D eigenvalue weighted by Crippen LogP contribution is 2.23. The predicted molar refractivity (Wildman–Crippen MR) is 81.2 cm³/mol. The van der Waals surface area contributed by atoms with Gasteiger partial charge in [-0.2, -0.15) is 0 Å². The number of nitrogen functional groups attached to an aromatic ring is 1. The lowest BCUT2D eigenvalue weighted by Crippen LogP contribution is -2.47. The summed E-state index contributed by atoms with van der Waals surface area (Å²) in [5.41, 5.74) is 6.08. The molecule has 0 unspecified atom stereocenters. The van der Waals surface area contributed by atoms with Crippen molar-refractivity contribution in [3.05, 3.63) is 18.0 Å². The highest BCUT2D eigenvalue weighted by molar-refractivity contribution is 5.93. The zero-order chi connectivity index (χ0) is 15.6. The van der Waals surface area contributed by atoms with Gasteiger partial charge in [0.2, 0.25) is 0 Å². The van der Waals surface area contributed by atoms with E-state index in [-0.39, 0.29) is 11.9 Å². The quantitative estimate of drug-likeness (QED) is 0.876. The Morgan fingerprint density at radius 2 is 2.14 bits per heavy atom. The maximum absolute atomic E-state index is 12.6. The standard InChI is InChI=1S/C15H25N3O3/c1-11(2)18-9-12(16)8-13(18)14(19)17(3)10-15(20)4-6-21-7-5-15/h8-9,11,20H,4-7,10,16H2,1-3H3. The Morgan fingerprint density at radius 1 is 1.52 bits per heavy atom. The fourth-order valence-corrected chi connectivity index (χ4v) is 2.72. The Bertz CT molecular complexity index is 504. The molecule has 1 amide bonds. The van der Waals surface area contributed by atoms with Crippen LogP contribution in [0.5, 0.6) is 0 Å². The first kappa shape index (κ1) is 15.9. The lowest BCUT2D eigenvalue weighted by molar-refractivity contribution is -0.0735. The summed E-state index contributed by atoms with van der Waals surface area (Å²) in [7, 11) is 1.71. The van der Waals surface area contributed by atoms with Crippen LogP contribution in [-0.4, -0.2) is 52.9 Å². The summed E-state index contributed by atoms with van der Waals surface area (Å²) < 4.78 is 7.12. The molecule has 1 aromatic heterocycles. The maximum Gasteiger partial charge on any atom is 0.270 e. The fraction of sp³-hybridized carbons (Fsp3) is 0.667. The highest BCUT2D eigenvalue weighted by Gasteiger charge is 2.33. The van der Waals surface area contributed by atoms with E-state index >= 15 is 0 Å². The number of likely N-dealkylation sites (N-methyl/N-ethyl adjacent to an activating group) is 1. The number of carbonyl (C=O) groups excluding carboxylic acids is 1. The molecular formula is C15H25N3O3. The number of nitrogens with two attached hydrogens (primary N) is 1. The van der Waals surface area contributed by atoms with E-state index in [0.717, 1.165) is 0 Å². The lowest BCUT2D eigenvalue weighted by Gasteiger charge is -2.35. The number of amides is 1. The summed E-state index contributed by atoms with van der Waals surface area (Å²) in [6.07, 6.45) is 2.88. The number of aliphatic hydroxyl groups is 1. The van der Waals surface area contributed by atoms with Crippen molar-refractivity contribution in [3.63, 3.8) is 0 Å². The zero-order valence-electron chi connectivity index (χ0n) is 13.0.